The van der Waals surface area contributed by atoms with E-state index >= 15 is 0 Å². The molecule has 1 aromatic carbocycles. The van der Waals surface area contributed by atoms with E-state index in [4.69, 9.17) is 10.0 Å². The fourth-order valence-corrected chi connectivity index (χ4v) is 2.04. The number of nitrogens with one attached hydrogen (secondary N) is 1. The smallest absolute Gasteiger partial charge is 0.275 e. The number of hydroxylamine groups is 1. The summed E-state index contributed by atoms with van der Waals surface area (Å²) in [6.45, 7) is 3.92. The molecule has 0 unspecified atom stereocenters. The van der Waals surface area contributed by atoms with Gasteiger partial charge >= 0.3 is 0 Å². The van der Waals surface area contributed by atoms with Crippen LogP contribution in [0.2, 0.25) is 0 Å². The molecule has 0 aromatic heterocycles. The number of benzene rings is 1. The van der Waals surface area contributed by atoms with Crippen molar-refractivity contribution < 1.29 is 14.8 Å². The molecule has 1 saturated carbocycles. The van der Waals surface area contributed by atoms with E-state index in [1.165, 1.54) is 0 Å². The topological polar surface area (TPSA) is 70.9 Å². The fourth-order valence-electron chi connectivity index (χ4n) is 2.04. The molecule has 5 heteroatoms. The van der Waals surface area contributed by atoms with E-state index in [9.17, 15) is 4.79 Å². The van der Waals surface area contributed by atoms with Crippen LogP contribution in [0, 0.1) is 0 Å². The molecule has 0 radical (unpaired) electrons. The molecule has 5 nitrogen and oxygen atoms in total. The summed E-state index contributed by atoms with van der Waals surface area (Å²) in [6, 6.07) is 5.52. The molecule has 1 fully saturated rings. The average molecular weight is 262 g/mol. The SMILES string of the molecule is CC(C)=NOCc1c(C(=O)NO)cccc1C1CC1. The molecular weight excluding hydrogens is 244 g/mol. The number of hydrogen-bond acceptors (Lipinski definition) is 4. The normalized spacial score (nSPS) is 13.8. The second kappa shape index (κ2) is 5.84. The Balaban J connectivity index is 2.29. The van der Waals surface area contributed by atoms with Gasteiger partial charge in [0.05, 0.1) is 5.71 Å². The molecule has 0 heterocycles. The number of oxime groups is 1. The third kappa shape index (κ3) is 3.32. The molecule has 2 N–H and O–H groups in total. The van der Waals surface area contributed by atoms with Crippen molar-refractivity contribution in [2.75, 3.05) is 0 Å². The van der Waals surface area contributed by atoms with Crippen LogP contribution in [0.15, 0.2) is 23.4 Å². The van der Waals surface area contributed by atoms with E-state index in [1.807, 2.05) is 26.0 Å². The van der Waals surface area contributed by atoms with Gasteiger partial charge in [-0.05, 0) is 44.2 Å². The van der Waals surface area contributed by atoms with Crippen molar-refractivity contribution in [1.82, 2.24) is 5.48 Å². The van der Waals surface area contributed by atoms with Crippen LogP contribution in [0.1, 0.15) is 54.1 Å². The Morgan fingerprint density at radius 2 is 2.21 bits per heavy atom. The van der Waals surface area contributed by atoms with Crippen LogP contribution in [0.4, 0.5) is 0 Å². The van der Waals surface area contributed by atoms with E-state index in [-0.39, 0.29) is 6.61 Å². The first-order valence-corrected chi connectivity index (χ1v) is 6.33. The summed E-state index contributed by atoms with van der Waals surface area (Å²) in [5, 5.41) is 12.7. The molecule has 19 heavy (non-hydrogen) atoms. The van der Waals surface area contributed by atoms with Crippen LogP contribution < -0.4 is 5.48 Å². The molecule has 2 rings (SSSR count). The lowest BCUT2D eigenvalue weighted by atomic mass is 9.98. The summed E-state index contributed by atoms with van der Waals surface area (Å²) >= 11 is 0. The minimum Gasteiger partial charge on any atom is -0.391 e. The Labute approximate surface area is 112 Å². The van der Waals surface area contributed by atoms with Gasteiger partial charge in [-0.3, -0.25) is 10.0 Å². The number of hydrogen-bond donors (Lipinski definition) is 2. The zero-order valence-corrected chi connectivity index (χ0v) is 11.1. The number of carbonyl (C=O) groups is 1. The van der Waals surface area contributed by atoms with Gasteiger partial charge in [-0.15, -0.1) is 0 Å². The maximum atomic E-state index is 11.7. The Kier molecular flexibility index (Phi) is 4.16. The third-order valence-electron chi connectivity index (χ3n) is 3.03. The van der Waals surface area contributed by atoms with Crippen molar-refractivity contribution in [3.8, 4) is 0 Å². The summed E-state index contributed by atoms with van der Waals surface area (Å²) < 4.78 is 0. The largest absolute Gasteiger partial charge is 0.391 e. The van der Waals surface area contributed by atoms with Crippen molar-refractivity contribution in [3.05, 3.63) is 34.9 Å². The van der Waals surface area contributed by atoms with Crippen molar-refractivity contribution in [2.45, 2.75) is 39.2 Å². The van der Waals surface area contributed by atoms with Crippen molar-refractivity contribution in [2.24, 2.45) is 5.16 Å². The van der Waals surface area contributed by atoms with Gasteiger partial charge in [0.1, 0.15) is 6.61 Å². The lowest BCUT2D eigenvalue weighted by Crippen LogP contribution is -2.21. The van der Waals surface area contributed by atoms with Gasteiger partial charge in [0, 0.05) is 11.1 Å². The van der Waals surface area contributed by atoms with Crippen molar-refractivity contribution >= 4 is 11.6 Å². The Bertz CT molecular complexity index is 503. The predicted molar refractivity (Wildman–Crippen MR) is 71.2 cm³/mol. The standard InChI is InChI=1S/C14H18N2O3/c1-9(2)16-19-8-13-11(10-6-7-10)4-3-5-12(13)14(17)15-18/h3-5,10,18H,6-8H2,1-2H3,(H,15,17). The van der Waals surface area contributed by atoms with Crippen molar-refractivity contribution in [3.63, 3.8) is 0 Å². The van der Waals surface area contributed by atoms with E-state index in [0.717, 1.165) is 29.7 Å². The van der Waals surface area contributed by atoms with E-state index in [0.29, 0.717) is 11.5 Å². The van der Waals surface area contributed by atoms with Gasteiger partial charge < -0.3 is 4.84 Å². The molecule has 102 valence electrons. The highest BCUT2D eigenvalue weighted by molar-refractivity contribution is 5.95. The number of amides is 1. The summed E-state index contributed by atoms with van der Waals surface area (Å²) in [4.78, 5) is 16.9. The van der Waals surface area contributed by atoms with Gasteiger partial charge in [0.25, 0.3) is 5.91 Å². The number of nitrogens with zero attached hydrogens (tertiary/aromatic N) is 1. The molecule has 0 saturated heterocycles. The monoisotopic (exact) mass is 262 g/mol. The summed E-state index contributed by atoms with van der Waals surface area (Å²) in [6.07, 6.45) is 2.26. The highest BCUT2D eigenvalue weighted by atomic mass is 16.6. The summed E-state index contributed by atoms with van der Waals surface area (Å²) in [5.74, 6) is -0.0185. The van der Waals surface area contributed by atoms with Gasteiger partial charge in [-0.25, -0.2) is 5.48 Å². The first-order valence-electron chi connectivity index (χ1n) is 6.33. The first-order chi connectivity index (χ1) is 9.13. The molecule has 1 amide bonds. The predicted octanol–water partition coefficient (Wildman–Crippen LogP) is 2.60. The number of carbonyl (C=O) groups excluding carboxylic acids is 1. The lowest BCUT2D eigenvalue weighted by molar-refractivity contribution is 0.0698. The van der Waals surface area contributed by atoms with Gasteiger partial charge in [-0.1, -0.05) is 17.3 Å². The maximum Gasteiger partial charge on any atom is 0.275 e. The summed E-state index contributed by atoms with van der Waals surface area (Å²) in [5.41, 5.74) is 4.86. The molecule has 1 aliphatic carbocycles. The second-order valence-electron chi connectivity index (χ2n) is 4.90. The Morgan fingerprint density at radius 3 is 2.79 bits per heavy atom. The van der Waals surface area contributed by atoms with Crippen LogP contribution >= 0.6 is 0 Å². The molecule has 0 atom stereocenters. The zero-order valence-electron chi connectivity index (χ0n) is 11.1. The fraction of sp³-hybridized carbons (Fsp3) is 0.429. The maximum absolute atomic E-state index is 11.7. The van der Waals surface area contributed by atoms with E-state index in [2.05, 4.69) is 5.16 Å². The van der Waals surface area contributed by atoms with E-state index in [1.54, 1.807) is 11.5 Å². The highest BCUT2D eigenvalue weighted by Crippen LogP contribution is 2.42. The Hall–Kier alpha value is -1.88. The third-order valence-corrected chi connectivity index (χ3v) is 3.03. The Morgan fingerprint density at radius 1 is 1.47 bits per heavy atom. The molecule has 1 aliphatic rings. The summed E-state index contributed by atoms with van der Waals surface area (Å²) in [7, 11) is 0. The highest BCUT2D eigenvalue weighted by Gasteiger charge is 2.28. The zero-order chi connectivity index (χ0) is 13.8. The van der Waals surface area contributed by atoms with Crippen LogP contribution in [0.25, 0.3) is 0 Å². The van der Waals surface area contributed by atoms with Crippen LogP contribution in [0.5, 0.6) is 0 Å². The molecule has 1 aromatic rings. The molecular formula is C14H18N2O3. The molecule has 0 bridgehead atoms. The number of rotatable bonds is 5. The van der Waals surface area contributed by atoms with Gasteiger partial charge in [0.2, 0.25) is 0 Å². The molecule has 0 spiro atoms. The van der Waals surface area contributed by atoms with Crippen molar-refractivity contribution in [1.29, 1.82) is 0 Å². The van der Waals surface area contributed by atoms with Crippen LogP contribution in [-0.2, 0) is 11.4 Å². The minimum absolute atomic E-state index is 0.237. The quantitative estimate of drug-likeness (QED) is 0.487. The lowest BCUT2D eigenvalue weighted by Gasteiger charge is -2.12. The van der Waals surface area contributed by atoms with Crippen LogP contribution in [-0.4, -0.2) is 16.8 Å². The van der Waals surface area contributed by atoms with Gasteiger partial charge in [0.15, 0.2) is 0 Å². The first kappa shape index (κ1) is 13.5. The second-order valence-corrected chi connectivity index (χ2v) is 4.90. The van der Waals surface area contributed by atoms with Gasteiger partial charge in [-0.2, -0.15) is 0 Å². The average Bonchev–Trinajstić information content (AvgIpc) is 3.22. The minimum atomic E-state index is -0.515. The molecule has 0 aliphatic heterocycles. The van der Waals surface area contributed by atoms with E-state index < -0.39 is 5.91 Å². The van der Waals surface area contributed by atoms with Crippen LogP contribution in [0.3, 0.4) is 0 Å².